The fourth-order valence-corrected chi connectivity index (χ4v) is 1.90. The molecular weight excluding hydrogens is 224 g/mol. The van der Waals surface area contributed by atoms with E-state index in [0.717, 1.165) is 6.54 Å². The van der Waals surface area contributed by atoms with Crippen LogP contribution in [0.2, 0.25) is 0 Å². The minimum absolute atomic E-state index is 0.0756. The van der Waals surface area contributed by atoms with Crippen LogP contribution in [0.4, 0.5) is 4.79 Å². The quantitative estimate of drug-likeness (QED) is 0.726. The van der Waals surface area contributed by atoms with E-state index < -0.39 is 11.6 Å². The highest BCUT2D eigenvalue weighted by molar-refractivity contribution is 5.75. The Hall–Kier alpha value is -1.30. The third-order valence-electron chi connectivity index (χ3n) is 3.12. The summed E-state index contributed by atoms with van der Waals surface area (Å²) in [5.74, 6) is -0.322. The Balaban J connectivity index is 1.65. The molecule has 2 fully saturated rings. The first-order valence-electron chi connectivity index (χ1n) is 5.87. The number of nitrogens with one attached hydrogen (secondary N) is 1. The van der Waals surface area contributed by atoms with Gasteiger partial charge in [0.15, 0.2) is 0 Å². The Morgan fingerprint density at radius 1 is 1.47 bits per heavy atom. The number of amides is 2. The number of carboxylic acids is 1. The van der Waals surface area contributed by atoms with Crippen LogP contribution in [0.3, 0.4) is 0 Å². The van der Waals surface area contributed by atoms with Gasteiger partial charge in [0.1, 0.15) is 12.2 Å². The molecule has 0 aromatic carbocycles. The first kappa shape index (κ1) is 12.2. The van der Waals surface area contributed by atoms with Crippen LogP contribution in [0, 0.1) is 5.92 Å². The largest absolute Gasteiger partial charge is 0.480 e. The van der Waals surface area contributed by atoms with Crippen molar-refractivity contribution in [3.05, 3.63) is 0 Å². The van der Waals surface area contributed by atoms with Gasteiger partial charge in [-0.25, -0.2) is 9.59 Å². The molecule has 1 saturated heterocycles. The molecule has 0 radical (unpaired) electrons. The van der Waals surface area contributed by atoms with Gasteiger partial charge in [-0.3, -0.25) is 0 Å². The van der Waals surface area contributed by atoms with Gasteiger partial charge in [0.05, 0.1) is 13.1 Å². The monoisotopic (exact) mass is 242 g/mol. The smallest absolute Gasteiger partial charge is 0.329 e. The normalized spacial score (nSPS) is 21.8. The number of aliphatic carboxylic acids is 1. The molecule has 0 unspecified atom stereocenters. The molecule has 1 heterocycles. The summed E-state index contributed by atoms with van der Waals surface area (Å²) in [6, 6.07) is -0.0756. The zero-order valence-electron chi connectivity index (χ0n) is 9.94. The van der Waals surface area contributed by atoms with Gasteiger partial charge in [0.2, 0.25) is 0 Å². The molecule has 0 aromatic rings. The lowest BCUT2D eigenvalue weighted by Gasteiger charge is -2.46. The van der Waals surface area contributed by atoms with Crippen LogP contribution in [0.15, 0.2) is 0 Å². The highest BCUT2D eigenvalue weighted by atomic mass is 16.5. The Kier molecular flexibility index (Phi) is 3.24. The van der Waals surface area contributed by atoms with Gasteiger partial charge < -0.3 is 20.1 Å². The maximum atomic E-state index is 11.6. The number of carbonyl (C=O) groups excluding carboxylic acids is 1. The van der Waals surface area contributed by atoms with Crippen LogP contribution in [-0.2, 0) is 9.53 Å². The van der Waals surface area contributed by atoms with Gasteiger partial charge >= 0.3 is 12.0 Å². The van der Waals surface area contributed by atoms with E-state index in [4.69, 9.17) is 9.84 Å². The molecule has 0 bridgehead atoms. The minimum atomic E-state index is -0.983. The molecule has 6 nitrogen and oxygen atoms in total. The average Bonchev–Trinajstić information content (AvgIpc) is 3.02. The fraction of sp³-hybridized carbons (Fsp3) is 0.818. The molecule has 1 aliphatic carbocycles. The summed E-state index contributed by atoms with van der Waals surface area (Å²) in [6.45, 7) is 3.17. The van der Waals surface area contributed by atoms with Gasteiger partial charge in [-0.1, -0.05) is 0 Å². The van der Waals surface area contributed by atoms with Gasteiger partial charge in [-0.2, -0.15) is 0 Å². The zero-order valence-corrected chi connectivity index (χ0v) is 9.94. The molecular formula is C11H18N2O4. The lowest BCUT2D eigenvalue weighted by molar-refractivity contribution is -0.159. The van der Waals surface area contributed by atoms with Crippen molar-refractivity contribution in [1.82, 2.24) is 10.2 Å². The SMILES string of the molecule is CC1(OCC(=O)O)CN(C(=O)NCC2CC2)C1. The summed E-state index contributed by atoms with van der Waals surface area (Å²) < 4.78 is 5.22. The van der Waals surface area contributed by atoms with Crippen LogP contribution in [0.1, 0.15) is 19.8 Å². The molecule has 2 aliphatic rings. The second kappa shape index (κ2) is 4.52. The third-order valence-corrected chi connectivity index (χ3v) is 3.12. The van der Waals surface area contributed by atoms with Crippen molar-refractivity contribution < 1.29 is 19.4 Å². The number of urea groups is 1. The van der Waals surface area contributed by atoms with Crippen molar-refractivity contribution in [1.29, 1.82) is 0 Å². The number of hydrogen-bond acceptors (Lipinski definition) is 3. The Bertz CT molecular complexity index is 321. The van der Waals surface area contributed by atoms with Crippen molar-refractivity contribution in [3.63, 3.8) is 0 Å². The Morgan fingerprint density at radius 2 is 2.12 bits per heavy atom. The van der Waals surface area contributed by atoms with Gasteiger partial charge in [0.25, 0.3) is 0 Å². The third kappa shape index (κ3) is 3.33. The molecule has 0 aromatic heterocycles. The van der Waals surface area contributed by atoms with Crippen LogP contribution in [-0.4, -0.2) is 53.8 Å². The summed E-state index contributed by atoms with van der Waals surface area (Å²) in [7, 11) is 0. The molecule has 96 valence electrons. The molecule has 2 N–H and O–H groups in total. The Labute approximate surface area is 99.9 Å². The predicted octanol–water partition coefficient (Wildman–Crippen LogP) is 0.281. The van der Waals surface area contributed by atoms with Crippen LogP contribution < -0.4 is 5.32 Å². The van der Waals surface area contributed by atoms with Gasteiger partial charge in [-0.15, -0.1) is 0 Å². The minimum Gasteiger partial charge on any atom is -0.480 e. The summed E-state index contributed by atoms with van der Waals surface area (Å²) in [5.41, 5.74) is -0.505. The van der Waals surface area contributed by atoms with Crippen molar-refractivity contribution in [2.24, 2.45) is 5.92 Å². The van der Waals surface area contributed by atoms with E-state index in [1.807, 2.05) is 6.92 Å². The molecule has 2 rings (SSSR count). The van der Waals surface area contributed by atoms with Gasteiger partial charge in [-0.05, 0) is 25.7 Å². The lowest BCUT2D eigenvalue weighted by Crippen LogP contribution is -2.65. The number of likely N-dealkylation sites (tertiary alicyclic amines) is 1. The van der Waals surface area contributed by atoms with Gasteiger partial charge in [0, 0.05) is 6.54 Å². The van der Waals surface area contributed by atoms with Crippen molar-refractivity contribution in [3.8, 4) is 0 Å². The number of carboxylic acid groups (broad SMARTS) is 1. The fourth-order valence-electron chi connectivity index (χ4n) is 1.90. The van der Waals surface area contributed by atoms with E-state index in [2.05, 4.69) is 5.32 Å². The highest BCUT2D eigenvalue weighted by Gasteiger charge is 2.42. The summed E-state index contributed by atoms with van der Waals surface area (Å²) in [4.78, 5) is 23.6. The number of nitrogens with zero attached hydrogens (tertiary/aromatic N) is 1. The number of carbonyl (C=O) groups is 2. The van der Waals surface area contributed by atoms with E-state index in [-0.39, 0.29) is 12.6 Å². The predicted molar refractivity (Wildman–Crippen MR) is 59.7 cm³/mol. The summed E-state index contributed by atoms with van der Waals surface area (Å²) >= 11 is 0. The first-order valence-corrected chi connectivity index (χ1v) is 5.87. The first-order chi connectivity index (χ1) is 7.98. The van der Waals surface area contributed by atoms with E-state index in [1.54, 1.807) is 4.90 Å². The molecule has 1 aliphatic heterocycles. The van der Waals surface area contributed by atoms with Crippen molar-refractivity contribution in [2.75, 3.05) is 26.2 Å². The topological polar surface area (TPSA) is 78.9 Å². The molecule has 1 saturated carbocycles. The van der Waals surface area contributed by atoms with E-state index in [1.165, 1.54) is 12.8 Å². The van der Waals surface area contributed by atoms with Crippen LogP contribution >= 0.6 is 0 Å². The molecule has 17 heavy (non-hydrogen) atoms. The highest BCUT2D eigenvalue weighted by Crippen LogP contribution is 2.28. The second-order valence-corrected chi connectivity index (χ2v) is 5.12. The zero-order chi connectivity index (χ0) is 12.5. The maximum absolute atomic E-state index is 11.6. The van der Waals surface area contributed by atoms with E-state index >= 15 is 0 Å². The maximum Gasteiger partial charge on any atom is 0.329 e. The molecule has 0 atom stereocenters. The number of rotatable bonds is 5. The molecule has 2 amide bonds. The molecule has 6 heteroatoms. The van der Waals surface area contributed by atoms with E-state index in [0.29, 0.717) is 19.0 Å². The van der Waals surface area contributed by atoms with E-state index in [9.17, 15) is 9.59 Å². The summed E-state index contributed by atoms with van der Waals surface area (Å²) in [5, 5.41) is 11.4. The summed E-state index contributed by atoms with van der Waals surface area (Å²) in [6.07, 6.45) is 2.42. The van der Waals surface area contributed by atoms with Crippen LogP contribution in [0.25, 0.3) is 0 Å². The van der Waals surface area contributed by atoms with Crippen molar-refractivity contribution >= 4 is 12.0 Å². The Morgan fingerprint density at radius 3 is 2.65 bits per heavy atom. The van der Waals surface area contributed by atoms with Crippen molar-refractivity contribution in [2.45, 2.75) is 25.4 Å². The van der Waals surface area contributed by atoms with Crippen LogP contribution in [0.5, 0.6) is 0 Å². The average molecular weight is 242 g/mol. The number of hydrogen-bond donors (Lipinski definition) is 2. The lowest BCUT2D eigenvalue weighted by atomic mass is 9.97. The second-order valence-electron chi connectivity index (χ2n) is 5.12. The number of ether oxygens (including phenoxy) is 1. The molecule has 0 spiro atoms. The standard InChI is InChI=1S/C11H18N2O4/c1-11(17-5-9(14)15)6-13(7-11)10(16)12-4-8-2-3-8/h8H,2-7H2,1H3,(H,12,16)(H,14,15).